The highest BCUT2D eigenvalue weighted by atomic mass is 16.7. The van der Waals surface area contributed by atoms with E-state index >= 15 is 0 Å². The maximum atomic E-state index is 12.2. The molecule has 0 atom stereocenters. The van der Waals surface area contributed by atoms with Crippen LogP contribution in [0, 0.1) is 0 Å². The summed E-state index contributed by atoms with van der Waals surface area (Å²) in [6.45, 7) is 12.4. The average molecular weight is 333 g/mol. The summed E-state index contributed by atoms with van der Waals surface area (Å²) < 4.78 is 0. The molecule has 0 bridgehead atoms. The fourth-order valence-electron chi connectivity index (χ4n) is 2.53. The minimum absolute atomic E-state index is 0.132. The first-order valence-electron chi connectivity index (χ1n) is 8.15. The second kappa shape index (κ2) is 6.16. The quantitative estimate of drug-likeness (QED) is 0.800. The molecule has 1 N–H and O–H groups in total. The maximum Gasteiger partial charge on any atom is 0.273 e. The largest absolute Gasteiger partial charge is 0.504 e. The van der Waals surface area contributed by atoms with Crippen LogP contribution in [0.1, 0.15) is 65.2 Å². The molecule has 6 heteroatoms. The van der Waals surface area contributed by atoms with E-state index in [0.29, 0.717) is 35.8 Å². The number of carbonyl (C=O) groups excluding carboxylic acids is 1. The second-order valence-corrected chi connectivity index (χ2v) is 8.18. The fraction of sp³-hybridized carbons (Fsp3) is 0.611. The highest BCUT2D eigenvalue weighted by molar-refractivity contribution is 5.97. The SMILES string of the molecule is CN1OCCC(=Cc2nc(C(C)(C)C)c(O)c(C(C)(C)C)n2)C1=O. The number of nitrogens with zero attached hydrogens (tertiary/aromatic N) is 3. The van der Waals surface area contributed by atoms with Crippen molar-refractivity contribution in [2.24, 2.45) is 0 Å². The van der Waals surface area contributed by atoms with Crippen LogP contribution < -0.4 is 0 Å². The van der Waals surface area contributed by atoms with Crippen LogP contribution in [-0.2, 0) is 20.5 Å². The van der Waals surface area contributed by atoms with Crippen LogP contribution in [0.15, 0.2) is 5.57 Å². The number of amides is 1. The zero-order valence-electron chi connectivity index (χ0n) is 15.6. The molecule has 1 aliphatic rings. The molecule has 0 radical (unpaired) electrons. The summed E-state index contributed by atoms with van der Waals surface area (Å²) in [6.07, 6.45) is 2.22. The van der Waals surface area contributed by atoms with Gasteiger partial charge in [-0.2, -0.15) is 0 Å². The van der Waals surface area contributed by atoms with E-state index in [9.17, 15) is 9.90 Å². The van der Waals surface area contributed by atoms with E-state index in [1.165, 1.54) is 5.06 Å². The van der Waals surface area contributed by atoms with Crippen molar-refractivity contribution in [3.05, 3.63) is 22.8 Å². The van der Waals surface area contributed by atoms with Crippen LogP contribution >= 0.6 is 0 Å². The van der Waals surface area contributed by atoms with Crippen LogP contribution in [0.5, 0.6) is 5.75 Å². The predicted octanol–water partition coefficient (Wildman–Crippen LogP) is 2.95. The van der Waals surface area contributed by atoms with Gasteiger partial charge in [0.15, 0.2) is 11.6 Å². The molecule has 1 saturated heterocycles. The molecule has 1 aromatic rings. The number of hydroxylamine groups is 2. The Morgan fingerprint density at radius 3 is 2.04 bits per heavy atom. The van der Waals surface area contributed by atoms with Crippen LogP contribution in [0.2, 0.25) is 0 Å². The zero-order chi connectivity index (χ0) is 18.3. The van der Waals surface area contributed by atoms with Gasteiger partial charge in [0.05, 0.1) is 18.0 Å². The molecule has 24 heavy (non-hydrogen) atoms. The molecule has 1 aliphatic heterocycles. The third kappa shape index (κ3) is 3.75. The van der Waals surface area contributed by atoms with E-state index in [4.69, 9.17) is 4.84 Å². The van der Waals surface area contributed by atoms with Crippen LogP contribution in [0.25, 0.3) is 6.08 Å². The van der Waals surface area contributed by atoms with Gasteiger partial charge in [-0.1, -0.05) is 41.5 Å². The summed E-state index contributed by atoms with van der Waals surface area (Å²) >= 11 is 0. The number of rotatable bonds is 1. The lowest BCUT2D eigenvalue weighted by Gasteiger charge is -2.26. The topological polar surface area (TPSA) is 75.6 Å². The Labute approximate surface area is 143 Å². The molecular formula is C18H27N3O3. The molecule has 1 amide bonds. The van der Waals surface area contributed by atoms with Crippen molar-refractivity contribution >= 4 is 12.0 Å². The fourth-order valence-corrected chi connectivity index (χ4v) is 2.53. The Balaban J connectivity index is 2.61. The van der Waals surface area contributed by atoms with Gasteiger partial charge >= 0.3 is 0 Å². The minimum Gasteiger partial charge on any atom is -0.504 e. The molecular weight excluding hydrogens is 306 g/mol. The summed E-state index contributed by atoms with van der Waals surface area (Å²) in [6, 6.07) is 0. The van der Waals surface area contributed by atoms with Gasteiger partial charge < -0.3 is 5.11 Å². The Morgan fingerprint density at radius 1 is 1.08 bits per heavy atom. The molecule has 0 saturated carbocycles. The molecule has 1 aromatic heterocycles. The molecule has 0 aromatic carbocycles. The van der Waals surface area contributed by atoms with Crippen molar-refractivity contribution in [2.45, 2.75) is 58.8 Å². The Hall–Kier alpha value is -1.95. The predicted molar refractivity (Wildman–Crippen MR) is 92.4 cm³/mol. The number of hydrogen-bond donors (Lipinski definition) is 1. The summed E-state index contributed by atoms with van der Waals surface area (Å²) in [5, 5.41) is 11.9. The zero-order valence-corrected chi connectivity index (χ0v) is 15.6. The molecule has 2 rings (SSSR count). The first-order valence-corrected chi connectivity index (χ1v) is 8.15. The van der Waals surface area contributed by atoms with Crippen LogP contribution in [0.3, 0.4) is 0 Å². The number of aromatic nitrogens is 2. The lowest BCUT2D eigenvalue weighted by atomic mass is 9.85. The van der Waals surface area contributed by atoms with Gasteiger partial charge in [0.1, 0.15) is 0 Å². The van der Waals surface area contributed by atoms with E-state index in [0.717, 1.165) is 0 Å². The summed E-state index contributed by atoms with van der Waals surface area (Å²) in [4.78, 5) is 26.4. The first-order chi connectivity index (χ1) is 10.9. The van der Waals surface area contributed by atoms with Gasteiger partial charge in [0.2, 0.25) is 0 Å². The summed E-state index contributed by atoms with van der Waals surface area (Å²) in [5.74, 6) is 0.390. The van der Waals surface area contributed by atoms with Crippen LogP contribution in [-0.4, -0.2) is 39.7 Å². The molecule has 2 heterocycles. The van der Waals surface area contributed by atoms with Crippen LogP contribution in [0.4, 0.5) is 0 Å². The standard InChI is InChI=1S/C18H27N3O3/c1-17(2,3)14-13(22)15(18(4,5)6)20-12(19-14)10-11-8-9-24-21(7)16(11)23/h10,22H,8-9H2,1-7H3. The van der Waals surface area contributed by atoms with Crippen molar-refractivity contribution in [1.82, 2.24) is 15.0 Å². The van der Waals surface area contributed by atoms with Gasteiger partial charge in [0.25, 0.3) is 5.91 Å². The minimum atomic E-state index is -0.337. The first kappa shape index (κ1) is 18.4. The van der Waals surface area contributed by atoms with Gasteiger partial charge in [-0.05, 0) is 6.08 Å². The van der Waals surface area contributed by atoms with E-state index < -0.39 is 0 Å². The smallest absolute Gasteiger partial charge is 0.273 e. The molecule has 132 valence electrons. The molecule has 0 unspecified atom stereocenters. The Bertz CT molecular complexity index is 647. The summed E-state index contributed by atoms with van der Waals surface area (Å²) in [5.41, 5.74) is 1.10. The monoisotopic (exact) mass is 333 g/mol. The third-order valence-corrected chi connectivity index (χ3v) is 3.84. The highest BCUT2D eigenvalue weighted by Gasteiger charge is 2.29. The molecule has 6 nitrogen and oxygen atoms in total. The number of aromatic hydroxyl groups is 1. The Kier molecular flexibility index (Phi) is 4.72. The number of hydrogen-bond acceptors (Lipinski definition) is 5. The Morgan fingerprint density at radius 2 is 1.58 bits per heavy atom. The van der Waals surface area contributed by atoms with E-state index in [-0.39, 0.29) is 22.5 Å². The average Bonchev–Trinajstić information content (AvgIpc) is 2.43. The number of likely N-dealkylation sites (N-methyl/N-ethyl adjacent to an activating group) is 1. The van der Waals surface area contributed by atoms with Crippen molar-refractivity contribution in [1.29, 1.82) is 0 Å². The van der Waals surface area contributed by atoms with E-state index in [2.05, 4.69) is 9.97 Å². The van der Waals surface area contributed by atoms with E-state index in [1.54, 1.807) is 13.1 Å². The van der Waals surface area contributed by atoms with E-state index in [1.807, 2.05) is 41.5 Å². The van der Waals surface area contributed by atoms with Crippen molar-refractivity contribution in [2.75, 3.05) is 13.7 Å². The summed E-state index contributed by atoms with van der Waals surface area (Å²) in [7, 11) is 1.59. The van der Waals surface area contributed by atoms with Gasteiger partial charge in [-0.15, -0.1) is 0 Å². The van der Waals surface area contributed by atoms with Crippen molar-refractivity contribution < 1.29 is 14.7 Å². The lowest BCUT2D eigenvalue weighted by molar-refractivity contribution is -0.180. The maximum absolute atomic E-state index is 12.2. The van der Waals surface area contributed by atoms with Crippen molar-refractivity contribution in [3.63, 3.8) is 0 Å². The third-order valence-electron chi connectivity index (χ3n) is 3.84. The molecule has 1 fully saturated rings. The van der Waals surface area contributed by atoms with Crippen molar-refractivity contribution in [3.8, 4) is 5.75 Å². The van der Waals surface area contributed by atoms with Gasteiger partial charge in [0, 0.05) is 29.9 Å². The number of carbonyl (C=O) groups is 1. The van der Waals surface area contributed by atoms with Gasteiger partial charge in [-0.25, -0.2) is 15.0 Å². The molecule has 0 aliphatic carbocycles. The normalized spacial score (nSPS) is 18.4. The molecule has 0 spiro atoms. The highest BCUT2D eigenvalue weighted by Crippen LogP contribution is 2.36. The lowest BCUT2D eigenvalue weighted by Crippen LogP contribution is -2.33. The second-order valence-electron chi connectivity index (χ2n) is 8.18. The van der Waals surface area contributed by atoms with Gasteiger partial charge in [-0.3, -0.25) is 9.63 Å².